The monoisotopic (exact) mass is 309 g/mol. The van der Waals surface area contributed by atoms with Crippen molar-refractivity contribution in [3.8, 4) is 0 Å². The summed E-state index contributed by atoms with van der Waals surface area (Å²) in [4.78, 5) is 16.9. The predicted octanol–water partition coefficient (Wildman–Crippen LogP) is 2.07. The first kappa shape index (κ1) is 16.1. The van der Waals surface area contributed by atoms with Crippen molar-refractivity contribution in [3.63, 3.8) is 0 Å². The quantitative estimate of drug-likeness (QED) is 0.868. The molecule has 1 saturated carbocycles. The van der Waals surface area contributed by atoms with Gasteiger partial charge >= 0.3 is 6.03 Å². The van der Waals surface area contributed by atoms with E-state index in [1.54, 1.807) is 0 Å². The van der Waals surface area contributed by atoms with Gasteiger partial charge in [0, 0.05) is 38.8 Å². The highest BCUT2D eigenvalue weighted by Crippen LogP contribution is 2.21. The third kappa shape index (κ3) is 4.59. The Balaban J connectivity index is 1.36. The molecule has 2 amide bonds. The van der Waals surface area contributed by atoms with E-state index in [9.17, 15) is 4.79 Å². The van der Waals surface area contributed by atoms with Crippen LogP contribution in [0.15, 0.2) is 0 Å². The summed E-state index contributed by atoms with van der Waals surface area (Å²) in [6.07, 6.45) is 8.50. The van der Waals surface area contributed by atoms with Crippen LogP contribution in [-0.4, -0.2) is 67.8 Å². The van der Waals surface area contributed by atoms with Gasteiger partial charge in [0.2, 0.25) is 0 Å². The molecule has 0 spiro atoms. The Bertz CT molecular complexity index is 344. The van der Waals surface area contributed by atoms with Crippen LogP contribution in [0.1, 0.15) is 44.9 Å². The molecule has 3 rings (SSSR count). The van der Waals surface area contributed by atoms with Gasteiger partial charge in [-0.05, 0) is 31.6 Å². The van der Waals surface area contributed by atoms with E-state index in [1.165, 1.54) is 38.6 Å². The maximum Gasteiger partial charge on any atom is 0.317 e. The molecule has 2 saturated heterocycles. The van der Waals surface area contributed by atoms with E-state index in [2.05, 4.69) is 10.2 Å². The summed E-state index contributed by atoms with van der Waals surface area (Å²) >= 11 is 0. The molecule has 5 heteroatoms. The number of carbonyl (C=O) groups excluding carboxylic acids is 1. The summed E-state index contributed by atoms with van der Waals surface area (Å²) < 4.78 is 5.41. The van der Waals surface area contributed by atoms with Gasteiger partial charge in [0.15, 0.2) is 0 Å². The first-order valence-electron chi connectivity index (χ1n) is 9.17. The number of piperidine rings is 1. The highest BCUT2D eigenvalue weighted by atomic mass is 16.5. The van der Waals surface area contributed by atoms with Gasteiger partial charge in [-0.3, -0.25) is 4.90 Å². The third-order valence-corrected chi connectivity index (χ3v) is 5.45. The second kappa shape index (κ2) is 8.16. The van der Waals surface area contributed by atoms with Gasteiger partial charge in [-0.25, -0.2) is 4.79 Å². The van der Waals surface area contributed by atoms with E-state index in [0.717, 1.165) is 58.2 Å². The smallest absolute Gasteiger partial charge is 0.317 e. The highest BCUT2D eigenvalue weighted by Gasteiger charge is 2.26. The maximum atomic E-state index is 12.4. The fourth-order valence-corrected chi connectivity index (χ4v) is 3.98. The van der Waals surface area contributed by atoms with Gasteiger partial charge in [-0.15, -0.1) is 0 Å². The summed E-state index contributed by atoms with van der Waals surface area (Å²) in [6, 6.07) is 0.601. The largest absolute Gasteiger partial charge is 0.379 e. The van der Waals surface area contributed by atoms with Gasteiger partial charge < -0.3 is 15.0 Å². The molecule has 126 valence electrons. The Morgan fingerprint density at radius 1 is 0.955 bits per heavy atom. The molecule has 3 fully saturated rings. The average molecular weight is 309 g/mol. The number of ether oxygens (including phenoxy) is 1. The van der Waals surface area contributed by atoms with Gasteiger partial charge in [0.1, 0.15) is 0 Å². The van der Waals surface area contributed by atoms with Crippen molar-refractivity contribution in [2.24, 2.45) is 5.92 Å². The Hall–Kier alpha value is -0.810. The number of morpholine rings is 1. The number of carbonyl (C=O) groups is 1. The van der Waals surface area contributed by atoms with Crippen molar-refractivity contribution in [2.75, 3.05) is 45.9 Å². The molecule has 2 aliphatic heterocycles. The van der Waals surface area contributed by atoms with Crippen molar-refractivity contribution in [1.29, 1.82) is 0 Å². The van der Waals surface area contributed by atoms with Crippen molar-refractivity contribution in [2.45, 2.75) is 51.0 Å². The first-order valence-corrected chi connectivity index (χ1v) is 9.17. The van der Waals surface area contributed by atoms with Crippen molar-refractivity contribution in [3.05, 3.63) is 0 Å². The van der Waals surface area contributed by atoms with Gasteiger partial charge in [0.05, 0.1) is 13.2 Å². The second-order valence-corrected chi connectivity index (χ2v) is 7.13. The number of hydrogen-bond acceptors (Lipinski definition) is 3. The summed E-state index contributed by atoms with van der Waals surface area (Å²) in [5, 5.41) is 3.24. The van der Waals surface area contributed by atoms with E-state index >= 15 is 0 Å². The SMILES string of the molecule is O=C(NC1CCCCC1)N1CCC(CN2CCOCC2)CC1. The molecule has 0 atom stereocenters. The van der Waals surface area contributed by atoms with Crippen LogP contribution in [0.25, 0.3) is 0 Å². The topological polar surface area (TPSA) is 44.8 Å². The summed E-state index contributed by atoms with van der Waals surface area (Å²) in [7, 11) is 0. The molecule has 0 aromatic carbocycles. The number of likely N-dealkylation sites (tertiary alicyclic amines) is 1. The molecule has 0 aromatic heterocycles. The normalized spacial score (nSPS) is 26.1. The molecule has 0 aromatic rings. The van der Waals surface area contributed by atoms with Crippen LogP contribution in [0.5, 0.6) is 0 Å². The molecule has 1 aliphatic carbocycles. The van der Waals surface area contributed by atoms with Gasteiger partial charge in [-0.1, -0.05) is 19.3 Å². The zero-order chi connectivity index (χ0) is 15.2. The standard InChI is InChI=1S/C17H31N3O2/c21-17(18-16-4-2-1-3-5-16)20-8-6-15(7-9-20)14-19-10-12-22-13-11-19/h15-16H,1-14H2,(H,18,21). The minimum absolute atomic E-state index is 0.178. The zero-order valence-corrected chi connectivity index (χ0v) is 13.8. The molecule has 3 aliphatic rings. The molecule has 22 heavy (non-hydrogen) atoms. The molecule has 0 unspecified atom stereocenters. The molecule has 0 bridgehead atoms. The molecule has 2 heterocycles. The minimum atomic E-state index is 0.178. The van der Waals surface area contributed by atoms with Crippen LogP contribution in [0.4, 0.5) is 4.79 Å². The number of nitrogens with zero attached hydrogens (tertiary/aromatic N) is 2. The fraction of sp³-hybridized carbons (Fsp3) is 0.941. The average Bonchev–Trinajstić information content (AvgIpc) is 2.57. The zero-order valence-electron chi connectivity index (χ0n) is 13.8. The summed E-state index contributed by atoms with van der Waals surface area (Å²) in [5.41, 5.74) is 0. The third-order valence-electron chi connectivity index (χ3n) is 5.45. The van der Waals surface area contributed by atoms with Crippen LogP contribution in [-0.2, 0) is 4.74 Å². The molecular formula is C17H31N3O2. The minimum Gasteiger partial charge on any atom is -0.379 e. The fourth-order valence-electron chi connectivity index (χ4n) is 3.98. The van der Waals surface area contributed by atoms with E-state index in [4.69, 9.17) is 4.74 Å². The van der Waals surface area contributed by atoms with E-state index in [-0.39, 0.29) is 6.03 Å². The molecule has 5 nitrogen and oxygen atoms in total. The molecular weight excluding hydrogens is 278 g/mol. The summed E-state index contributed by atoms with van der Waals surface area (Å²) in [6.45, 7) is 6.93. The Kier molecular flexibility index (Phi) is 5.96. The Morgan fingerprint density at radius 2 is 1.64 bits per heavy atom. The highest BCUT2D eigenvalue weighted by molar-refractivity contribution is 5.74. The van der Waals surface area contributed by atoms with Crippen molar-refractivity contribution < 1.29 is 9.53 Å². The number of amides is 2. The number of nitrogens with one attached hydrogen (secondary N) is 1. The van der Waals surface area contributed by atoms with E-state index in [1.807, 2.05) is 4.90 Å². The Labute approximate surface area is 134 Å². The maximum absolute atomic E-state index is 12.4. The van der Waals surface area contributed by atoms with Gasteiger partial charge in [0.25, 0.3) is 0 Å². The Morgan fingerprint density at radius 3 is 2.32 bits per heavy atom. The van der Waals surface area contributed by atoms with Crippen LogP contribution >= 0.6 is 0 Å². The van der Waals surface area contributed by atoms with Crippen LogP contribution in [0, 0.1) is 5.92 Å². The lowest BCUT2D eigenvalue weighted by molar-refractivity contribution is 0.0258. The van der Waals surface area contributed by atoms with E-state index in [0.29, 0.717) is 6.04 Å². The van der Waals surface area contributed by atoms with Crippen molar-refractivity contribution >= 4 is 6.03 Å². The summed E-state index contributed by atoms with van der Waals surface area (Å²) in [5.74, 6) is 0.747. The number of rotatable bonds is 3. The second-order valence-electron chi connectivity index (χ2n) is 7.13. The van der Waals surface area contributed by atoms with Crippen LogP contribution < -0.4 is 5.32 Å². The number of urea groups is 1. The van der Waals surface area contributed by atoms with Gasteiger partial charge in [-0.2, -0.15) is 0 Å². The van der Waals surface area contributed by atoms with Crippen LogP contribution in [0.3, 0.4) is 0 Å². The molecule has 0 radical (unpaired) electrons. The first-order chi connectivity index (χ1) is 10.8. The predicted molar refractivity (Wildman–Crippen MR) is 87.0 cm³/mol. The van der Waals surface area contributed by atoms with E-state index < -0.39 is 0 Å². The number of hydrogen-bond donors (Lipinski definition) is 1. The van der Waals surface area contributed by atoms with Crippen LogP contribution in [0.2, 0.25) is 0 Å². The molecule has 1 N–H and O–H groups in total. The lowest BCUT2D eigenvalue weighted by Gasteiger charge is -2.36. The lowest BCUT2D eigenvalue weighted by atomic mass is 9.95. The lowest BCUT2D eigenvalue weighted by Crippen LogP contribution is -2.49. The van der Waals surface area contributed by atoms with Crippen molar-refractivity contribution in [1.82, 2.24) is 15.1 Å².